The fourth-order valence-corrected chi connectivity index (χ4v) is 4.55. The Labute approximate surface area is 68.4 Å². The zero-order valence-corrected chi connectivity index (χ0v) is 7.00. The van der Waals surface area contributed by atoms with Crippen LogP contribution in [0.15, 0.2) is 0 Å². The molecule has 4 fully saturated rings. The van der Waals surface area contributed by atoms with Crippen LogP contribution in [0.5, 0.6) is 0 Å². The summed E-state index contributed by atoms with van der Waals surface area (Å²) in [5.74, 6) is 7.38. The van der Waals surface area contributed by atoms with Gasteiger partial charge in [-0.2, -0.15) is 0 Å². The first-order valence-corrected chi connectivity index (χ1v) is 5.43. The molecule has 60 valence electrons. The predicted octanol–water partition coefficient (Wildman–Crippen LogP) is 2.69. The lowest BCUT2D eigenvalue weighted by molar-refractivity contribution is 0.163. The third-order valence-electron chi connectivity index (χ3n) is 5.25. The van der Waals surface area contributed by atoms with Gasteiger partial charge in [0, 0.05) is 0 Å². The molecule has 0 N–H and O–H groups in total. The van der Waals surface area contributed by atoms with Gasteiger partial charge in [-0.15, -0.1) is 0 Å². The van der Waals surface area contributed by atoms with E-state index in [4.69, 9.17) is 0 Å². The van der Waals surface area contributed by atoms with E-state index in [2.05, 4.69) is 0 Å². The molecular formula is C11H16. The summed E-state index contributed by atoms with van der Waals surface area (Å²) >= 11 is 0. The van der Waals surface area contributed by atoms with Gasteiger partial charge in [0.1, 0.15) is 0 Å². The monoisotopic (exact) mass is 148 g/mol. The summed E-state index contributed by atoms with van der Waals surface area (Å²) in [6, 6.07) is 0. The molecular weight excluding hydrogens is 132 g/mol. The Morgan fingerprint density at radius 2 is 1.27 bits per heavy atom. The van der Waals surface area contributed by atoms with E-state index in [-0.39, 0.29) is 0 Å². The molecule has 0 aliphatic heterocycles. The minimum atomic E-state index is 1.21. The molecule has 4 saturated carbocycles. The molecule has 4 aliphatic carbocycles. The average Bonchev–Trinajstić information content (AvgIpc) is 2.53. The van der Waals surface area contributed by atoms with Crippen LogP contribution >= 0.6 is 0 Å². The Morgan fingerprint density at radius 1 is 0.545 bits per heavy atom. The molecule has 0 saturated heterocycles. The zero-order chi connectivity index (χ0) is 7.00. The highest BCUT2D eigenvalue weighted by Gasteiger charge is 2.61. The Hall–Kier alpha value is 0. The maximum Gasteiger partial charge on any atom is -0.0349 e. The van der Waals surface area contributed by atoms with E-state index in [9.17, 15) is 0 Å². The molecule has 0 heterocycles. The molecule has 0 aromatic heterocycles. The molecule has 0 heteroatoms. The summed E-state index contributed by atoms with van der Waals surface area (Å²) in [5, 5.41) is 0. The molecule has 0 aromatic rings. The van der Waals surface area contributed by atoms with E-state index >= 15 is 0 Å². The second kappa shape index (κ2) is 1.53. The Bertz CT molecular complexity index is 208. The van der Waals surface area contributed by atoms with Crippen molar-refractivity contribution in [2.45, 2.75) is 32.1 Å². The van der Waals surface area contributed by atoms with Crippen LogP contribution in [0.3, 0.4) is 0 Å². The van der Waals surface area contributed by atoms with Crippen molar-refractivity contribution < 1.29 is 0 Å². The number of rotatable bonds is 0. The molecule has 0 nitrogen and oxygen atoms in total. The van der Waals surface area contributed by atoms with Crippen molar-refractivity contribution in [2.75, 3.05) is 0 Å². The van der Waals surface area contributed by atoms with Crippen molar-refractivity contribution in [3.8, 4) is 0 Å². The molecule has 6 atom stereocenters. The normalized spacial score (nSPS) is 69.8. The second-order valence-corrected chi connectivity index (χ2v) is 5.46. The van der Waals surface area contributed by atoms with Crippen molar-refractivity contribution in [1.82, 2.24) is 0 Å². The summed E-state index contributed by atoms with van der Waals surface area (Å²) in [5.41, 5.74) is 0. The molecule has 0 spiro atoms. The van der Waals surface area contributed by atoms with Gasteiger partial charge in [0.2, 0.25) is 0 Å². The van der Waals surface area contributed by atoms with Gasteiger partial charge in [0.25, 0.3) is 0 Å². The minimum Gasteiger partial charge on any atom is -0.0499 e. The summed E-state index contributed by atoms with van der Waals surface area (Å²) in [6.45, 7) is 0. The third kappa shape index (κ3) is 0.522. The van der Waals surface area contributed by atoms with Crippen LogP contribution in [-0.4, -0.2) is 0 Å². The van der Waals surface area contributed by atoms with Crippen molar-refractivity contribution in [1.29, 1.82) is 0 Å². The molecule has 0 amide bonds. The van der Waals surface area contributed by atoms with Gasteiger partial charge < -0.3 is 0 Å². The van der Waals surface area contributed by atoms with E-state index in [1.807, 2.05) is 0 Å². The van der Waals surface area contributed by atoms with Crippen molar-refractivity contribution in [3.05, 3.63) is 0 Å². The largest absolute Gasteiger partial charge is 0.0499 e. The smallest absolute Gasteiger partial charge is 0.0349 e. The van der Waals surface area contributed by atoms with E-state index in [1.54, 1.807) is 32.1 Å². The fraction of sp³-hybridized carbons (Fsp3) is 1.00. The lowest BCUT2D eigenvalue weighted by atomic mass is 9.72. The summed E-state index contributed by atoms with van der Waals surface area (Å²) in [6.07, 6.45) is 8.12. The number of hydrogen-bond acceptors (Lipinski definition) is 0. The van der Waals surface area contributed by atoms with Crippen molar-refractivity contribution >= 4 is 0 Å². The van der Waals surface area contributed by atoms with Crippen LogP contribution in [0.2, 0.25) is 0 Å². The van der Waals surface area contributed by atoms with Crippen LogP contribution < -0.4 is 0 Å². The molecule has 0 bridgehead atoms. The van der Waals surface area contributed by atoms with Gasteiger partial charge >= 0.3 is 0 Å². The summed E-state index contributed by atoms with van der Waals surface area (Å²) < 4.78 is 0. The highest BCUT2D eigenvalue weighted by Crippen LogP contribution is 2.69. The minimum absolute atomic E-state index is 1.21. The maximum atomic E-state index is 1.65. The van der Waals surface area contributed by atoms with Crippen LogP contribution in [0.4, 0.5) is 0 Å². The molecule has 11 heavy (non-hydrogen) atoms. The highest BCUT2D eigenvalue weighted by molar-refractivity contribution is 5.10. The quantitative estimate of drug-likeness (QED) is 0.495. The van der Waals surface area contributed by atoms with Crippen LogP contribution in [0.25, 0.3) is 0 Å². The van der Waals surface area contributed by atoms with E-state index in [1.165, 1.54) is 35.5 Å². The van der Waals surface area contributed by atoms with Gasteiger partial charge in [0.05, 0.1) is 0 Å². The van der Waals surface area contributed by atoms with Crippen LogP contribution in [0, 0.1) is 35.5 Å². The average molecular weight is 148 g/mol. The first-order chi connectivity index (χ1) is 5.43. The Balaban J connectivity index is 1.70. The first-order valence-electron chi connectivity index (χ1n) is 5.43. The predicted molar refractivity (Wildman–Crippen MR) is 44.0 cm³/mol. The van der Waals surface area contributed by atoms with Gasteiger partial charge in [0.15, 0.2) is 0 Å². The molecule has 0 aromatic carbocycles. The SMILES string of the molecule is C1CC2C1CC1C3CC3CC21. The van der Waals surface area contributed by atoms with Gasteiger partial charge in [-0.3, -0.25) is 0 Å². The molecule has 4 rings (SSSR count). The van der Waals surface area contributed by atoms with Crippen molar-refractivity contribution in [2.24, 2.45) is 35.5 Å². The second-order valence-electron chi connectivity index (χ2n) is 5.46. The zero-order valence-electron chi connectivity index (χ0n) is 7.00. The van der Waals surface area contributed by atoms with Crippen LogP contribution in [-0.2, 0) is 0 Å². The standard InChI is InChI=1S/C11H16/c1-2-8-6(1)3-11-9-4-7(9)5-10(8)11/h6-11H,1-5H2. The lowest BCUT2D eigenvalue weighted by Gasteiger charge is -2.34. The molecule has 4 aliphatic rings. The number of hydrogen-bond donors (Lipinski definition) is 0. The van der Waals surface area contributed by atoms with Crippen molar-refractivity contribution in [3.63, 3.8) is 0 Å². The Kier molecular flexibility index (Phi) is 0.781. The fourth-order valence-electron chi connectivity index (χ4n) is 4.55. The molecule has 6 unspecified atom stereocenters. The first kappa shape index (κ1) is 5.61. The summed E-state index contributed by atoms with van der Waals surface area (Å²) in [7, 11) is 0. The maximum absolute atomic E-state index is 1.65. The summed E-state index contributed by atoms with van der Waals surface area (Å²) in [4.78, 5) is 0. The van der Waals surface area contributed by atoms with Gasteiger partial charge in [-0.1, -0.05) is 0 Å². The lowest BCUT2D eigenvalue weighted by Crippen LogP contribution is -2.25. The van der Waals surface area contributed by atoms with Gasteiger partial charge in [-0.25, -0.2) is 0 Å². The van der Waals surface area contributed by atoms with E-state index in [0.29, 0.717) is 0 Å². The number of fused-ring (bicyclic) bond motifs is 5. The van der Waals surface area contributed by atoms with E-state index < -0.39 is 0 Å². The third-order valence-corrected chi connectivity index (χ3v) is 5.25. The topological polar surface area (TPSA) is 0 Å². The molecule has 0 radical (unpaired) electrons. The van der Waals surface area contributed by atoms with E-state index in [0.717, 1.165) is 0 Å². The van der Waals surface area contributed by atoms with Crippen LogP contribution in [0.1, 0.15) is 32.1 Å². The highest BCUT2D eigenvalue weighted by atomic mass is 14.7. The van der Waals surface area contributed by atoms with Gasteiger partial charge in [-0.05, 0) is 67.6 Å². The Morgan fingerprint density at radius 3 is 2.09 bits per heavy atom.